The van der Waals surface area contributed by atoms with Gasteiger partial charge in [-0.25, -0.2) is 9.97 Å². The Balaban J connectivity index is 1.63. The van der Waals surface area contributed by atoms with E-state index in [4.69, 9.17) is 11.6 Å². The van der Waals surface area contributed by atoms with Gasteiger partial charge in [0.05, 0.1) is 5.69 Å². The Bertz CT molecular complexity index is 668. The molecule has 0 amide bonds. The van der Waals surface area contributed by atoms with Gasteiger partial charge in [0.15, 0.2) is 0 Å². The molecule has 21 heavy (non-hydrogen) atoms. The van der Waals surface area contributed by atoms with Crippen molar-refractivity contribution in [1.29, 1.82) is 0 Å². The number of aryl methyl sites for hydroxylation is 1. The van der Waals surface area contributed by atoms with E-state index in [1.807, 2.05) is 25.3 Å². The van der Waals surface area contributed by atoms with Gasteiger partial charge in [0, 0.05) is 41.8 Å². The predicted molar refractivity (Wildman–Crippen MR) is 83.2 cm³/mol. The fraction of sp³-hybridized carbons (Fsp3) is 0.412. The molecule has 108 valence electrons. The van der Waals surface area contributed by atoms with Crippen molar-refractivity contribution < 1.29 is 0 Å². The molecule has 1 aromatic heterocycles. The molecule has 0 spiro atoms. The molecule has 3 heterocycles. The second-order valence-electron chi connectivity index (χ2n) is 6.07. The standard InChI is InChI=1S/C17H18ClN3/c1-11-19-9-15-16(20-11)8-14-6-7-17(15)21(14)10-12-2-4-13(18)5-3-12/h2-5,9,14,17H,6-8,10H2,1H3/t14-,17-/m0/s1. The highest BCUT2D eigenvalue weighted by atomic mass is 35.5. The predicted octanol–water partition coefficient (Wildman–Crippen LogP) is 3.70. The van der Waals surface area contributed by atoms with Crippen LogP contribution >= 0.6 is 11.6 Å². The van der Waals surface area contributed by atoms with E-state index in [-0.39, 0.29) is 0 Å². The summed E-state index contributed by atoms with van der Waals surface area (Å²) >= 11 is 5.98. The third kappa shape index (κ3) is 2.34. The Kier molecular flexibility index (Phi) is 3.20. The van der Waals surface area contributed by atoms with Gasteiger partial charge in [-0.2, -0.15) is 0 Å². The average Bonchev–Trinajstić information content (AvgIpc) is 2.75. The number of rotatable bonds is 2. The fourth-order valence-electron chi connectivity index (χ4n) is 3.72. The lowest BCUT2D eigenvalue weighted by molar-refractivity contribution is 0.166. The van der Waals surface area contributed by atoms with Crippen molar-refractivity contribution in [3.8, 4) is 0 Å². The molecule has 0 radical (unpaired) electrons. The lowest BCUT2D eigenvalue weighted by atomic mass is 9.98. The minimum Gasteiger partial charge on any atom is -0.289 e. The van der Waals surface area contributed by atoms with Gasteiger partial charge in [-0.3, -0.25) is 4.90 Å². The van der Waals surface area contributed by atoms with Crippen molar-refractivity contribution in [3.63, 3.8) is 0 Å². The highest BCUT2D eigenvalue weighted by molar-refractivity contribution is 6.30. The molecule has 3 nitrogen and oxygen atoms in total. The van der Waals surface area contributed by atoms with E-state index >= 15 is 0 Å². The lowest BCUT2D eigenvalue weighted by Gasteiger charge is -2.35. The highest BCUT2D eigenvalue weighted by Crippen LogP contribution is 2.43. The van der Waals surface area contributed by atoms with E-state index in [9.17, 15) is 0 Å². The molecular formula is C17H18ClN3. The second kappa shape index (κ2) is 5.08. The molecular weight excluding hydrogens is 282 g/mol. The maximum Gasteiger partial charge on any atom is 0.125 e. The Morgan fingerprint density at radius 2 is 2.05 bits per heavy atom. The SMILES string of the molecule is Cc1ncc2c(n1)C[C@@H]1CC[C@@H]2N1Cc1ccc(Cl)cc1. The van der Waals surface area contributed by atoms with Crippen LogP contribution in [0.15, 0.2) is 30.5 Å². The minimum absolute atomic E-state index is 0.482. The van der Waals surface area contributed by atoms with Gasteiger partial charge in [-0.15, -0.1) is 0 Å². The van der Waals surface area contributed by atoms with Gasteiger partial charge in [0.25, 0.3) is 0 Å². The molecule has 2 aliphatic heterocycles. The normalized spacial score (nSPS) is 24.1. The molecule has 2 bridgehead atoms. The Hall–Kier alpha value is -1.45. The summed E-state index contributed by atoms with van der Waals surface area (Å²) in [5, 5.41) is 0.801. The van der Waals surface area contributed by atoms with E-state index in [0.717, 1.165) is 23.8 Å². The fourth-order valence-corrected chi connectivity index (χ4v) is 3.85. The largest absolute Gasteiger partial charge is 0.289 e. The third-order valence-electron chi connectivity index (χ3n) is 4.73. The number of aromatic nitrogens is 2. The summed E-state index contributed by atoms with van der Waals surface area (Å²) in [5.74, 6) is 0.888. The van der Waals surface area contributed by atoms with Gasteiger partial charge >= 0.3 is 0 Å². The summed E-state index contributed by atoms with van der Waals surface area (Å²) in [6, 6.07) is 9.31. The summed E-state index contributed by atoms with van der Waals surface area (Å²) in [6.45, 7) is 2.96. The van der Waals surface area contributed by atoms with Crippen LogP contribution in [0.25, 0.3) is 0 Å². The molecule has 1 fully saturated rings. The van der Waals surface area contributed by atoms with Crippen molar-refractivity contribution in [2.75, 3.05) is 0 Å². The molecule has 1 saturated heterocycles. The smallest absolute Gasteiger partial charge is 0.125 e. The maximum atomic E-state index is 5.98. The first-order valence-electron chi connectivity index (χ1n) is 7.53. The van der Waals surface area contributed by atoms with Crippen molar-refractivity contribution in [2.45, 2.75) is 44.8 Å². The van der Waals surface area contributed by atoms with Gasteiger partial charge in [0.2, 0.25) is 0 Å². The first-order chi connectivity index (χ1) is 10.2. The van der Waals surface area contributed by atoms with Crippen LogP contribution in [0, 0.1) is 6.92 Å². The van der Waals surface area contributed by atoms with Crippen LogP contribution in [0.4, 0.5) is 0 Å². The lowest BCUT2D eigenvalue weighted by Crippen LogP contribution is -2.37. The molecule has 2 atom stereocenters. The first kappa shape index (κ1) is 13.2. The number of nitrogens with zero attached hydrogens (tertiary/aromatic N) is 3. The quantitative estimate of drug-likeness (QED) is 0.846. The molecule has 4 heteroatoms. The zero-order chi connectivity index (χ0) is 14.4. The van der Waals surface area contributed by atoms with Crippen LogP contribution in [0.1, 0.15) is 41.5 Å². The van der Waals surface area contributed by atoms with Crippen molar-refractivity contribution in [3.05, 3.63) is 58.1 Å². The van der Waals surface area contributed by atoms with Crippen molar-refractivity contribution >= 4 is 11.6 Å². The summed E-state index contributed by atoms with van der Waals surface area (Å²) in [4.78, 5) is 11.7. The third-order valence-corrected chi connectivity index (χ3v) is 4.98. The molecule has 0 aliphatic carbocycles. The average molecular weight is 300 g/mol. The van der Waals surface area contributed by atoms with Crippen LogP contribution in [0.5, 0.6) is 0 Å². The number of hydrogen-bond donors (Lipinski definition) is 0. The van der Waals surface area contributed by atoms with Gasteiger partial charge in [0.1, 0.15) is 5.82 Å². The van der Waals surface area contributed by atoms with E-state index in [0.29, 0.717) is 12.1 Å². The molecule has 2 aromatic rings. The van der Waals surface area contributed by atoms with Crippen LogP contribution < -0.4 is 0 Å². The first-order valence-corrected chi connectivity index (χ1v) is 7.91. The number of benzene rings is 1. The molecule has 0 saturated carbocycles. The van der Waals surface area contributed by atoms with Gasteiger partial charge in [-0.1, -0.05) is 23.7 Å². The summed E-state index contributed by atoms with van der Waals surface area (Å²) in [6.07, 6.45) is 5.58. The summed E-state index contributed by atoms with van der Waals surface area (Å²) in [5.41, 5.74) is 3.93. The Morgan fingerprint density at radius 3 is 2.86 bits per heavy atom. The minimum atomic E-state index is 0.482. The molecule has 0 N–H and O–H groups in total. The van der Waals surface area contributed by atoms with E-state index in [1.165, 1.54) is 29.7 Å². The second-order valence-corrected chi connectivity index (χ2v) is 6.51. The maximum absolute atomic E-state index is 5.98. The Labute approximate surface area is 130 Å². The van der Waals surface area contributed by atoms with Crippen molar-refractivity contribution in [1.82, 2.24) is 14.9 Å². The van der Waals surface area contributed by atoms with E-state index < -0.39 is 0 Å². The van der Waals surface area contributed by atoms with Crippen LogP contribution in [-0.2, 0) is 13.0 Å². The van der Waals surface area contributed by atoms with Gasteiger partial charge < -0.3 is 0 Å². The van der Waals surface area contributed by atoms with Crippen molar-refractivity contribution in [2.24, 2.45) is 0 Å². The van der Waals surface area contributed by atoms with Crippen LogP contribution in [-0.4, -0.2) is 20.9 Å². The molecule has 2 aliphatic rings. The zero-order valence-electron chi connectivity index (χ0n) is 12.1. The van der Waals surface area contributed by atoms with Crippen LogP contribution in [0.2, 0.25) is 5.02 Å². The Morgan fingerprint density at radius 1 is 1.24 bits per heavy atom. The number of fused-ring (bicyclic) bond motifs is 4. The number of halogens is 1. The molecule has 0 unspecified atom stereocenters. The zero-order valence-corrected chi connectivity index (χ0v) is 12.8. The van der Waals surface area contributed by atoms with E-state index in [1.54, 1.807) is 0 Å². The number of hydrogen-bond acceptors (Lipinski definition) is 3. The monoisotopic (exact) mass is 299 g/mol. The molecule has 4 rings (SSSR count). The van der Waals surface area contributed by atoms with E-state index in [2.05, 4.69) is 27.0 Å². The summed E-state index contributed by atoms with van der Waals surface area (Å²) < 4.78 is 0. The molecule has 1 aromatic carbocycles. The highest BCUT2D eigenvalue weighted by Gasteiger charge is 2.40. The van der Waals surface area contributed by atoms with Crippen LogP contribution in [0.3, 0.4) is 0 Å². The summed E-state index contributed by atoms with van der Waals surface area (Å²) in [7, 11) is 0. The van der Waals surface area contributed by atoms with Gasteiger partial charge in [-0.05, 0) is 37.5 Å². The topological polar surface area (TPSA) is 29.0 Å².